The van der Waals surface area contributed by atoms with Crippen LogP contribution in [0.2, 0.25) is 0 Å². The summed E-state index contributed by atoms with van der Waals surface area (Å²) < 4.78 is 10.1. The molecule has 1 aliphatic heterocycles. The summed E-state index contributed by atoms with van der Waals surface area (Å²) in [5, 5.41) is 2.71. The number of anilines is 1. The minimum absolute atomic E-state index is 0.0502. The minimum Gasteiger partial charge on any atom is -0.445 e. The van der Waals surface area contributed by atoms with Crippen LogP contribution in [0.25, 0.3) is 0 Å². The highest BCUT2D eigenvalue weighted by atomic mass is 16.6. The third-order valence-corrected chi connectivity index (χ3v) is 4.85. The van der Waals surface area contributed by atoms with Crippen molar-refractivity contribution in [1.82, 2.24) is 14.9 Å². The molecule has 0 radical (unpaired) electrons. The van der Waals surface area contributed by atoms with Crippen molar-refractivity contribution in [3.05, 3.63) is 78.3 Å². The average Bonchev–Trinajstić information content (AvgIpc) is 3.41. The second-order valence-corrected chi connectivity index (χ2v) is 6.78. The largest absolute Gasteiger partial charge is 0.445 e. The molecule has 1 amide bonds. The number of carbonyl (C=O) groups excluding carboxylic acids is 1. The van der Waals surface area contributed by atoms with Gasteiger partial charge in [0, 0.05) is 30.7 Å². The summed E-state index contributed by atoms with van der Waals surface area (Å²) in [5.74, 6) is 0.499. The standard InChI is InChI=1S/C21H22N4O3/c26-21(27-14-19-12-23-15-28-19)24-18-7-5-16(6-8-18)13-25-10-2-4-20(25)17-3-1-9-22-11-17/h1,3,5-9,11-12,15,20H,2,4,10,13-14H2,(H,24,26)/t20-/m1/s1. The SMILES string of the molecule is O=C(Nc1ccc(CN2CCC[C@@H]2c2cccnc2)cc1)OCc1cnco1. The fraction of sp³-hybridized carbons (Fsp3) is 0.286. The Morgan fingerprint density at radius 1 is 1.21 bits per heavy atom. The molecular weight excluding hydrogens is 356 g/mol. The highest BCUT2D eigenvalue weighted by molar-refractivity contribution is 5.84. The van der Waals surface area contributed by atoms with E-state index >= 15 is 0 Å². The van der Waals surface area contributed by atoms with Gasteiger partial charge in [0.15, 0.2) is 18.8 Å². The van der Waals surface area contributed by atoms with E-state index in [4.69, 9.17) is 9.15 Å². The number of ether oxygens (including phenoxy) is 1. The summed E-state index contributed by atoms with van der Waals surface area (Å²) in [6.45, 7) is 2.00. The normalized spacial score (nSPS) is 16.8. The molecule has 1 aromatic carbocycles. The number of pyridine rings is 1. The molecule has 2 aromatic heterocycles. The topological polar surface area (TPSA) is 80.5 Å². The lowest BCUT2D eigenvalue weighted by atomic mass is 10.1. The van der Waals surface area contributed by atoms with Gasteiger partial charge in [-0.2, -0.15) is 0 Å². The number of benzene rings is 1. The van der Waals surface area contributed by atoms with Gasteiger partial charge in [-0.15, -0.1) is 0 Å². The Morgan fingerprint density at radius 2 is 2.11 bits per heavy atom. The van der Waals surface area contributed by atoms with Gasteiger partial charge in [-0.3, -0.25) is 15.2 Å². The lowest BCUT2D eigenvalue weighted by Crippen LogP contribution is -2.22. The maximum Gasteiger partial charge on any atom is 0.412 e. The molecule has 144 valence electrons. The Morgan fingerprint density at radius 3 is 2.86 bits per heavy atom. The molecule has 0 saturated carbocycles. The van der Waals surface area contributed by atoms with Crippen LogP contribution in [0.5, 0.6) is 0 Å². The molecule has 0 unspecified atom stereocenters. The first-order valence-corrected chi connectivity index (χ1v) is 9.32. The summed E-state index contributed by atoms with van der Waals surface area (Å²) in [5.41, 5.74) is 3.17. The minimum atomic E-state index is -0.527. The lowest BCUT2D eigenvalue weighted by molar-refractivity contribution is 0.146. The maximum atomic E-state index is 11.9. The average molecular weight is 378 g/mol. The van der Waals surface area contributed by atoms with Crippen LogP contribution in [0, 0.1) is 0 Å². The lowest BCUT2D eigenvalue weighted by Gasteiger charge is -2.24. The number of aromatic nitrogens is 2. The molecule has 1 saturated heterocycles. The van der Waals surface area contributed by atoms with E-state index in [1.54, 1.807) is 0 Å². The smallest absolute Gasteiger partial charge is 0.412 e. The molecule has 1 fully saturated rings. The first-order valence-electron chi connectivity index (χ1n) is 9.32. The number of amides is 1. The highest BCUT2D eigenvalue weighted by Gasteiger charge is 2.25. The maximum absolute atomic E-state index is 11.9. The van der Waals surface area contributed by atoms with Crippen LogP contribution in [0.1, 0.15) is 35.8 Å². The van der Waals surface area contributed by atoms with Crippen molar-refractivity contribution in [1.29, 1.82) is 0 Å². The van der Waals surface area contributed by atoms with Crippen molar-refractivity contribution < 1.29 is 13.9 Å². The Balaban J connectivity index is 1.31. The van der Waals surface area contributed by atoms with Crippen LogP contribution in [0.15, 0.2) is 65.8 Å². The Kier molecular flexibility index (Phi) is 5.63. The number of rotatable bonds is 6. The van der Waals surface area contributed by atoms with E-state index in [0.29, 0.717) is 17.5 Å². The summed E-state index contributed by atoms with van der Waals surface area (Å²) >= 11 is 0. The van der Waals surface area contributed by atoms with E-state index in [1.807, 2.05) is 42.7 Å². The molecule has 1 atom stereocenters. The van der Waals surface area contributed by atoms with Crippen LogP contribution in [0.3, 0.4) is 0 Å². The predicted molar refractivity (Wildman–Crippen MR) is 103 cm³/mol. The Labute approximate surface area is 163 Å². The fourth-order valence-corrected chi connectivity index (χ4v) is 3.50. The van der Waals surface area contributed by atoms with E-state index in [-0.39, 0.29) is 6.61 Å². The monoisotopic (exact) mass is 378 g/mol. The molecular formula is C21H22N4O3. The number of oxazole rings is 1. The molecule has 0 aliphatic carbocycles. The number of nitrogens with one attached hydrogen (secondary N) is 1. The van der Waals surface area contributed by atoms with Crippen LogP contribution in [-0.4, -0.2) is 27.5 Å². The van der Waals surface area contributed by atoms with Crippen LogP contribution < -0.4 is 5.32 Å². The van der Waals surface area contributed by atoms with Crippen molar-refractivity contribution >= 4 is 11.8 Å². The third-order valence-electron chi connectivity index (χ3n) is 4.85. The second kappa shape index (κ2) is 8.67. The molecule has 4 rings (SSSR count). The van der Waals surface area contributed by atoms with E-state index in [9.17, 15) is 4.79 Å². The number of hydrogen-bond donors (Lipinski definition) is 1. The third kappa shape index (κ3) is 4.55. The zero-order valence-corrected chi connectivity index (χ0v) is 15.5. The molecule has 1 aliphatic rings. The molecule has 7 nitrogen and oxygen atoms in total. The van der Waals surface area contributed by atoms with Gasteiger partial charge in [0.05, 0.1) is 6.20 Å². The Bertz CT molecular complexity index is 882. The van der Waals surface area contributed by atoms with E-state index in [1.165, 1.54) is 30.1 Å². The molecule has 7 heteroatoms. The highest BCUT2D eigenvalue weighted by Crippen LogP contribution is 2.32. The van der Waals surface area contributed by atoms with Gasteiger partial charge in [-0.1, -0.05) is 18.2 Å². The summed E-state index contributed by atoms with van der Waals surface area (Å²) in [6.07, 6.45) is 8.40. The Hall–Kier alpha value is -3.19. The summed E-state index contributed by atoms with van der Waals surface area (Å²) in [6, 6.07) is 12.4. The number of hydrogen-bond acceptors (Lipinski definition) is 6. The van der Waals surface area contributed by atoms with E-state index in [0.717, 1.165) is 19.5 Å². The first kappa shape index (κ1) is 18.2. The van der Waals surface area contributed by atoms with Crippen molar-refractivity contribution in [3.63, 3.8) is 0 Å². The van der Waals surface area contributed by atoms with Crippen molar-refractivity contribution in [2.45, 2.75) is 32.0 Å². The number of likely N-dealkylation sites (tertiary alicyclic amines) is 1. The van der Waals surface area contributed by atoms with Crippen molar-refractivity contribution in [3.8, 4) is 0 Å². The van der Waals surface area contributed by atoms with Gasteiger partial charge in [-0.25, -0.2) is 9.78 Å². The summed E-state index contributed by atoms with van der Waals surface area (Å²) in [4.78, 5) is 22.4. The van der Waals surface area contributed by atoms with Gasteiger partial charge in [0.2, 0.25) is 0 Å². The van der Waals surface area contributed by atoms with Crippen LogP contribution in [0.4, 0.5) is 10.5 Å². The van der Waals surface area contributed by atoms with Crippen molar-refractivity contribution in [2.24, 2.45) is 0 Å². The molecule has 1 N–H and O–H groups in total. The molecule has 0 bridgehead atoms. The van der Waals surface area contributed by atoms with Gasteiger partial charge in [0.1, 0.15) is 0 Å². The first-order chi connectivity index (χ1) is 13.8. The molecule has 3 aromatic rings. The van der Waals surface area contributed by atoms with Gasteiger partial charge in [0.25, 0.3) is 0 Å². The zero-order chi connectivity index (χ0) is 19.2. The molecule has 3 heterocycles. The van der Waals surface area contributed by atoms with Crippen molar-refractivity contribution in [2.75, 3.05) is 11.9 Å². The van der Waals surface area contributed by atoms with Gasteiger partial charge < -0.3 is 9.15 Å². The zero-order valence-electron chi connectivity index (χ0n) is 15.5. The number of nitrogens with zero attached hydrogens (tertiary/aromatic N) is 3. The summed E-state index contributed by atoms with van der Waals surface area (Å²) in [7, 11) is 0. The fourth-order valence-electron chi connectivity index (χ4n) is 3.50. The molecule has 0 spiro atoms. The van der Waals surface area contributed by atoms with Crippen LogP contribution in [-0.2, 0) is 17.9 Å². The van der Waals surface area contributed by atoms with E-state index in [2.05, 4.69) is 26.3 Å². The number of carbonyl (C=O) groups is 1. The van der Waals surface area contributed by atoms with Crippen LogP contribution >= 0.6 is 0 Å². The predicted octanol–water partition coefficient (Wildman–Crippen LogP) is 4.16. The van der Waals surface area contributed by atoms with Gasteiger partial charge >= 0.3 is 6.09 Å². The molecule has 28 heavy (non-hydrogen) atoms. The van der Waals surface area contributed by atoms with E-state index < -0.39 is 6.09 Å². The quantitative estimate of drug-likeness (QED) is 0.694. The van der Waals surface area contributed by atoms with Gasteiger partial charge in [-0.05, 0) is 48.7 Å². The second-order valence-electron chi connectivity index (χ2n) is 6.78.